The van der Waals surface area contributed by atoms with Crippen molar-refractivity contribution in [3.8, 4) is 0 Å². The van der Waals surface area contributed by atoms with Crippen LogP contribution in [-0.2, 0) is 20.9 Å². The summed E-state index contributed by atoms with van der Waals surface area (Å²) in [6.45, 7) is 0.978. The van der Waals surface area contributed by atoms with Crippen LogP contribution in [0, 0.1) is 0 Å². The first kappa shape index (κ1) is 19.3. The summed E-state index contributed by atoms with van der Waals surface area (Å²) >= 11 is 0. The van der Waals surface area contributed by atoms with Crippen molar-refractivity contribution in [1.82, 2.24) is 20.0 Å². The monoisotopic (exact) mass is 378 g/mol. The number of nitrogens with zero attached hydrogens (tertiary/aromatic N) is 3. The molecule has 1 aliphatic heterocycles. The Morgan fingerprint density at radius 3 is 2.78 bits per heavy atom. The van der Waals surface area contributed by atoms with Crippen molar-refractivity contribution in [1.29, 1.82) is 0 Å². The van der Waals surface area contributed by atoms with Gasteiger partial charge in [0, 0.05) is 18.8 Å². The van der Waals surface area contributed by atoms with E-state index in [1.807, 2.05) is 0 Å². The van der Waals surface area contributed by atoms with Gasteiger partial charge in [-0.05, 0) is 12.8 Å². The van der Waals surface area contributed by atoms with Gasteiger partial charge in [-0.3, -0.25) is 19.1 Å². The van der Waals surface area contributed by atoms with Crippen molar-refractivity contribution in [3.63, 3.8) is 0 Å². The predicted octanol–water partition coefficient (Wildman–Crippen LogP) is 0.648. The van der Waals surface area contributed by atoms with Crippen LogP contribution in [0.25, 0.3) is 0 Å². The lowest BCUT2D eigenvalue weighted by atomic mass is 9.95. The number of hydrogen-bond acceptors (Lipinski definition) is 5. The van der Waals surface area contributed by atoms with Gasteiger partial charge in [0.05, 0.1) is 37.4 Å². The maximum Gasteiger partial charge on any atom is 0.305 e. The molecule has 2 aliphatic rings. The van der Waals surface area contributed by atoms with Crippen LogP contribution in [0.4, 0.5) is 0 Å². The Bertz CT molecular complexity index is 683. The first-order valence-corrected chi connectivity index (χ1v) is 9.45. The third kappa shape index (κ3) is 5.29. The largest absolute Gasteiger partial charge is 0.481 e. The Morgan fingerprint density at radius 1 is 1.26 bits per heavy atom. The van der Waals surface area contributed by atoms with Crippen LogP contribution in [0.2, 0.25) is 0 Å². The highest BCUT2D eigenvalue weighted by Crippen LogP contribution is 2.17. The highest BCUT2D eigenvalue weighted by atomic mass is 16.5. The quantitative estimate of drug-likeness (QED) is 0.751. The Hall–Kier alpha value is -2.42. The molecule has 1 saturated carbocycles. The minimum Gasteiger partial charge on any atom is -0.481 e. The molecule has 0 bridgehead atoms. The number of carbonyl (C=O) groups is 3. The van der Waals surface area contributed by atoms with E-state index >= 15 is 0 Å². The van der Waals surface area contributed by atoms with Crippen LogP contribution in [0.1, 0.15) is 48.9 Å². The van der Waals surface area contributed by atoms with Crippen molar-refractivity contribution in [2.45, 2.75) is 57.2 Å². The molecule has 27 heavy (non-hydrogen) atoms. The van der Waals surface area contributed by atoms with E-state index in [9.17, 15) is 14.4 Å². The molecule has 1 aromatic rings. The minimum absolute atomic E-state index is 0.0610. The van der Waals surface area contributed by atoms with Gasteiger partial charge in [-0.25, -0.2) is 0 Å². The minimum atomic E-state index is -0.974. The number of aliphatic carboxylic acids is 1. The topological polar surface area (TPSA) is 114 Å². The number of hydrogen-bond donors (Lipinski definition) is 2. The fraction of sp³-hybridized carbons (Fsp3) is 0.667. The molecule has 148 valence electrons. The number of morpholine rings is 1. The van der Waals surface area contributed by atoms with E-state index in [4.69, 9.17) is 9.84 Å². The Kier molecular flexibility index (Phi) is 6.44. The average molecular weight is 378 g/mol. The second-order valence-electron chi connectivity index (χ2n) is 7.15. The van der Waals surface area contributed by atoms with Crippen LogP contribution >= 0.6 is 0 Å². The van der Waals surface area contributed by atoms with Gasteiger partial charge < -0.3 is 20.1 Å². The maximum absolute atomic E-state index is 12.7. The maximum atomic E-state index is 12.7. The molecule has 9 heteroatoms. The van der Waals surface area contributed by atoms with Crippen LogP contribution in [-0.4, -0.2) is 69.4 Å². The lowest BCUT2D eigenvalue weighted by Crippen LogP contribution is -2.49. The lowest BCUT2D eigenvalue weighted by Gasteiger charge is -2.34. The zero-order valence-electron chi connectivity index (χ0n) is 15.3. The number of carbonyl (C=O) groups excluding carboxylic acids is 2. The fourth-order valence-corrected chi connectivity index (χ4v) is 3.69. The van der Waals surface area contributed by atoms with Crippen molar-refractivity contribution in [3.05, 3.63) is 18.0 Å². The van der Waals surface area contributed by atoms with Gasteiger partial charge in [0.25, 0.3) is 5.91 Å². The number of carboxylic acid groups (broad SMARTS) is 1. The second-order valence-corrected chi connectivity index (χ2v) is 7.15. The van der Waals surface area contributed by atoms with Gasteiger partial charge in [0.2, 0.25) is 5.91 Å². The number of amides is 2. The molecule has 0 aromatic carbocycles. The third-order valence-corrected chi connectivity index (χ3v) is 5.05. The fourth-order valence-electron chi connectivity index (χ4n) is 3.69. The Balaban J connectivity index is 1.57. The summed E-state index contributed by atoms with van der Waals surface area (Å²) in [6.07, 6.45) is 8.32. The summed E-state index contributed by atoms with van der Waals surface area (Å²) in [7, 11) is 0. The molecule has 1 saturated heterocycles. The van der Waals surface area contributed by atoms with Gasteiger partial charge in [0.15, 0.2) is 0 Å². The predicted molar refractivity (Wildman–Crippen MR) is 95.1 cm³/mol. The van der Waals surface area contributed by atoms with E-state index < -0.39 is 12.0 Å². The molecule has 1 atom stereocenters. The van der Waals surface area contributed by atoms with Gasteiger partial charge >= 0.3 is 5.97 Å². The number of nitrogens with one attached hydrogen (secondary N) is 1. The Labute approximate surface area is 157 Å². The molecule has 2 N–H and O–H groups in total. The average Bonchev–Trinajstić information content (AvgIpc) is 3.10. The number of carboxylic acids is 1. The van der Waals surface area contributed by atoms with E-state index in [-0.39, 0.29) is 37.4 Å². The van der Waals surface area contributed by atoms with Gasteiger partial charge in [0.1, 0.15) is 6.54 Å². The summed E-state index contributed by atoms with van der Waals surface area (Å²) in [6, 6.07) is -0.269. The molecular formula is C18H26N4O5. The number of rotatable bonds is 6. The third-order valence-electron chi connectivity index (χ3n) is 5.05. The first-order valence-electron chi connectivity index (χ1n) is 9.45. The van der Waals surface area contributed by atoms with Crippen LogP contribution in [0.3, 0.4) is 0 Å². The van der Waals surface area contributed by atoms with Crippen molar-refractivity contribution in [2.24, 2.45) is 0 Å². The summed E-state index contributed by atoms with van der Waals surface area (Å²) in [5.41, 5.74) is 0.345. The molecule has 0 spiro atoms. The van der Waals surface area contributed by atoms with Crippen LogP contribution in [0.5, 0.6) is 0 Å². The van der Waals surface area contributed by atoms with E-state index in [2.05, 4.69) is 10.4 Å². The molecule has 3 rings (SSSR count). The van der Waals surface area contributed by atoms with E-state index in [0.717, 1.165) is 25.7 Å². The SMILES string of the molecule is O=C(O)CC1COCCN1C(=O)c1cnn(CC(=O)NC2CCCCC2)c1. The summed E-state index contributed by atoms with van der Waals surface area (Å²) < 4.78 is 6.74. The number of aromatic nitrogens is 2. The molecule has 1 aliphatic carbocycles. The van der Waals surface area contributed by atoms with Gasteiger partial charge in [-0.15, -0.1) is 0 Å². The normalized spacial score (nSPS) is 21.0. The van der Waals surface area contributed by atoms with E-state index in [1.54, 1.807) is 0 Å². The standard InChI is InChI=1S/C18H26N4O5/c23-16(20-14-4-2-1-3-5-14)11-21-10-13(9-19-21)18(26)22-6-7-27-12-15(22)8-17(24)25/h9-10,14-15H,1-8,11-12H2,(H,20,23)(H,24,25). The molecule has 9 nitrogen and oxygen atoms in total. The lowest BCUT2D eigenvalue weighted by molar-refractivity contribution is -0.139. The zero-order chi connectivity index (χ0) is 19.2. The van der Waals surface area contributed by atoms with E-state index in [1.165, 1.54) is 28.4 Å². The van der Waals surface area contributed by atoms with E-state index in [0.29, 0.717) is 18.7 Å². The Morgan fingerprint density at radius 2 is 2.04 bits per heavy atom. The van der Waals surface area contributed by atoms with Gasteiger partial charge in [-0.1, -0.05) is 19.3 Å². The molecule has 2 amide bonds. The second kappa shape index (κ2) is 8.98. The highest BCUT2D eigenvalue weighted by molar-refractivity contribution is 5.94. The highest BCUT2D eigenvalue weighted by Gasteiger charge is 2.30. The van der Waals surface area contributed by atoms with Crippen molar-refractivity contribution >= 4 is 17.8 Å². The molecule has 0 radical (unpaired) electrons. The van der Waals surface area contributed by atoms with Crippen LogP contribution < -0.4 is 5.32 Å². The molecule has 1 aromatic heterocycles. The summed E-state index contributed by atoms with van der Waals surface area (Å²) in [5, 5.41) is 16.2. The smallest absolute Gasteiger partial charge is 0.305 e. The number of ether oxygens (including phenoxy) is 1. The van der Waals surface area contributed by atoms with Crippen LogP contribution in [0.15, 0.2) is 12.4 Å². The molecular weight excluding hydrogens is 352 g/mol. The first-order chi connectivity index (χ1) is 13.0. The summed E-state index contributed by atoms with van der Waals surface area (Å²) in [4.78, 5) is 37.4. The van der Waals surface area contributed by atoms with Crippen molar-refractivity contribution < 1.29 is 24.2 Å². The molecule has 2 heterocycles. The summed E-state index contributed by atoms with van der Waals surface area (Å²) in [5.74, 6) is -1.37. The zero-order valence-corrected chi connectivity index (χ0v) is 15.3. The molecule has 1 unspecified atom stereocenters. The molecule has 2 fully saturated rings. The van der Waals surface area contributed by atoms with Crippen molar-refractivity contribution in [2.75, 3.05) is 19.8 Å². The van der Waals surface area contributed by atoms with Gasteiger partial charge in [-0.2, -0.15) is 5.10 Å².